The number of aromatic hydroxyl groups is 1. The summed E-state index contributed by atoms with van der Waals surface area (Å²) in [6.45, 7) is 0.511. The van der Waals surface area contributed by atoms with E-state index in [1.165, 1.54) is 12.1 Å². The largest absolute Gasteiger partial charge is 0.507 e. The van der Waals surface area contributed by atoms with Crippen molar-refractivity contribution in [3.05, 3.63) is 59.7 Å². The van der Waals surface area contributed by atoms with Crippen molar-refractivity contribution in [2.45, 2.75) is 6.42 Å². The van der Waals surface area contributed by atoms with Gasteiger partial charge in [-0.25, -0.2) is 0 Å². The molecule has 2 aromatic rings. The number of benzene rings is 2. The summed E-state index contributed by atoms with van der Waals surface area (Å²) in [5.41, 5.74) is 7.40. The number of amides is 1. The van der Waals surface area contributed by atoms with E-state index in [4.69, 9.17) is 5.73 Å². The van der Waals surface area contributed by atoms with Gasteiger partial charge in [-0.3, -0.25) is 4.79 Å². The van der Waals surface area contributed by atoms with Gasteiger partial charge in [0.25, 0.3) is 5.91 Å². The molecule has 0 radical (unpaired) electrons. The van der Waals surface area contributed by atoms with Crippen LogP contribution in [-0.2, 0) is 6.42 Å². The Morgan fingerprint density at radius 1 is 1.16 bits per heavy atom. The lowest BCUT2D eigenvalue weighted by Gasteiger charge is -2.07. The summed E-state index contributed by atoms with van der Waals surface area (Å²) in [5.74, 6) is -0.382. The van der Waals surface area contributed by atoms with Gasteiger partial charge in [0, 0.05) is 12.2 Å². The number of hydrogen-bond donors (Lipinski definition) is 3. The maximum absolute atomic E-state index is 11.9. The molecule has 19 heavy (non-hydrogen) atoms. The van der Waals surface area contributed by atoms with Crippen molar-refractivity contribution in [3.8, 4) is 5.75 Å². The number of anilines is 1. The third kappa shape index (κ3) is 3.48. The number of carbonyl (C=O) groups is 1. The molecule has 0 aromatic heterocycles. The van der Waals surface area contributed by atoms with Gasteiger partial charge in [-0.15, -0.1) is 0 Å². The standard InChI is InChI=1S/C15H16N2O2/c16-12-6-7-14(18)13(10-12)15(19)17-9-8-11-4-2-1-3-5-11/h1-7,10,18H,8-9,16H2,(H,17,19). The molecule has 0 atom stereocenters. The first-order valence-corrected chi connectivity index (χ1v) is 6.07. The number of phenols is 1. The second-order valence-electron chi connectivity index (χ2n) is 4.27. The number of nitrogen functional groups attached to an aromatic ring is 1. The van der Waals surface area contributed by atoms with Gasteiger partial charge in [0.05, 0.1) is 5.56 Å². The zero-order valence-electron chi connectivity index (χ0n) is 10.5. The van der Waals surface area contributed by atoms with Crippen LogP contribution in [0.5, 0.6) is 5.75 Å². The highest BCUT2D eigenvalue weighted by molar-refractivity contribution is 5.97. The Morgan fingerprint density at radius 3 is 2.63 bits per heavy atom. The average molecular weight is 256 g/mol. The highest BCUT2D eigenvalue weighted by Gasteiger charge is 2.10. The molecule has 0 aliphatic rings. The predicted molar refractivity (Wildman–Crippen MR) is 75.0 cm³/mol. The molecular formula is C15H16N2O2. The fraction of sp³-hybridized carbons (Fsp3) is 0.133. The SMILES string of the molecule is Nc1ccc(O)c(C(=O)NCCc2ccccc2)c1. The minimum atomic E-state index is -0.319. The van der Waals surface area contributed by atoms with Gasteiger partial charge in [-0.05, 0) is 30.2 Å². The lowest BCUT2D eigenvalue weighted by Crippen LogP contribution is -2.25. The number of hydrogen-bond acceptors (Lipinski definition) is 3. The molecule has 0 aliphatic heterocycles. The Hall–Kier alpha value is -2.49. The molecule has 1 amide bonds. The van der Waals surface area contributed by atoms with Crippen molar-refractivity contribution >= 4 is 11.6 Å². The van der Waals surface area contributed by atoms with Crippen LogP contribution in [0.1, 0.15) is 15.9 Å². The summed E-state index contributed by atoms with van der Waals surface area (Å²) in [6, 6.07) is 14.3. The molecule has 0 unspecified atom stereocenters. The second-order valence-corrected chi connectivity index (χ2v) is 4.27. The molecule has 0 aliphatic carbocycles. The third-order valence-corrected chi connectivity index (χ3v) is 2.81. The molecule has 4 nitrogen and oxygen atoms in total. The summed E-state index contributed by atoms with van der Waals surface area (Å²) < 4.78 is 0. The second kappa shape index (κ2) is 5.91. The lowest BCUT2D eigenvalue weighted by atomic mass is 10.1. The number of nitrogens with two attached hydrogens (primary N) is 1. The Labute approximate surface area is 111 Å². The van der Waals surface area contributed by atoms with E-state index in [1.54, 1.807) is 6.07 Å². The molecule has 0 bridgehead atoms. The van der Waals surface area contributed by atoms with Crippen LogP contribution in [0.2, 0.25) is 0 Å². The van der Waals surface area contributed by atoms with Crippen LogP contribution >= 0.6 is 0 Å². The van der Waals surface area contributed by atoms with E-state index in [2.05, 4.69) is 5.32 Å². The van der Waals surface area contributed by atoms with Crippen LogP contribution < -0.4 is 11.1 Å². The van der Waals surface area contributed by atoms with E-state index >= 15 is 0 Å². The normalized spacial score (nSPS) is 10.1. The van der Waals surface area contributed by atoms with Gasteiger partial charge in [-0.2, -0.15) is 0 Å². The van der Waals surface area contributed by atoms with Gasteiger partial charge < -0.3 is 16.2 Å². The maximum atomic E-state index is 11.9. The summed E-state index contributed by atoms with van der Waals surface area (Å²) in [5, 5.41) is 12.4. The zero-order chi connectivity index (χ0) is 13.7. The van der Waals surface area contributed by atoms with Gasteiger partial charge in [-0.1, -0.05) is 30.3 Å². The fourth-order valence-electron chi connectivity index (χ4n) is 1.80. The van der Waals surface area contributed by atoms with E-state index < -0.39 is 0 Å². The van der Waals surface area contributed by atoms with E-state index in [1.807, 2.05) is 30.3 Å². The molecule has 2 aromatic carbocycles. The first-order valence-electron chi connectivity index (χ1n) is 6.07. The molecule has 4 N–H and O–H groups in total. The predicted octanol–water partition coefficient (Wildman–Crippen LogP) is 1.95. The van der Waals surface area contributed by atoms with Gasteiger partial charge >= 0.3 is 0 Å². The summed E-state index contributed by atoms with van der Waals surface area (Å²) >= 11 is 0. The Bertz CT molecular complexity index is 568. The number of phenolic OH excluding ortho intramolecular Hbond substituents is 1. The first-order chi connectivity index (χ1) is 9.16. The van der Waals surface area contributed by atoms with Crippen LogP contribution in [0.25, 0.3) is 0 Å². The highest BCUT2D eigenvalue weighted by Crippen LogP contribution is 2.19. The molecule has 0 fully saturated rings. The quantitative estimate of drug-likeness (QED) is 0.578. The Kier molecular flexibility index (Phi) is 4.03. The Morgan fingerprint density at radius 2 is 1.89 bits per heavy atom. The molecule has 0 heterocycles. The van der Waals surface area contributed by atoms with Crippen LogP contribution in [-0.4, -0.2) is 17.6 Å². The van der Waals surface area contributed by atoms with Crippen molar-refractivity contribution < 1.29 is 9.90 Å². The van der Waals surface area contributed by atoms with E-state index in [9.17, 15) is 9.90 Å². The summed E-state index contributed by atoms with van der Waals surface area (Å²) in [4.78, 5) is 11.9. The van der Waals surface area contributed by atoms with Crippen LogP contribution in [0, 0.1) is 0 Å². The molecule has 0 saturated carbocycles. The van der Waals surface area contributed by atoms with E-state index in [0.717, 1.165) is 12.0 Å². The van der Waals surface area contributed by atoms with Crippen LogP contribution in [0.4, 0.5) is 5.69 Å². The maximum Gasteiger partial charge on any atom is 0.255 e. The number of rotatable bonds is 4. The number of carbonyl (C=O) groups excluding carboxylic acids is 1. The van der Waals surface area contributed by atoms with Crippen molar-refractivity contribution in [1.82, 2.24) is 5.32 Å². The van der Waals surface area contributed by atoms with Gasteiger partial charge in [0.2, 0.25) is 0 Å². The molecule has 0 spiro atoms. The molecule has 2 rings (SSSR count). The topological polar surface area (TPSA) is 75.3 Å². The van der Waals surface area contributed by atoms with Crippen LogP contribution in [0.15, 0.2) is 48.5 Å². The van der Waals surface area contributed by atoms with Crippen molar-refractivity contribution in [2.24, 2.45) is 0 Å². The minimum Gasteiger partial charge on any atom is -0.507 e. The molecule has 0 saturated heterocycles. The van der Waals surface area contributed by atoms with Gasteiger partial charge in [0.15, 0.2) is 0 Å². The Balaban J connectivity index is 1.93. The van der Waals surface area contributed by atoms with Crippen molar-refractivity contribution in [1.29, 1.82) is 0 Å². The zero-order valence-corrected chi connectivity index (χ0v) is 10.5. The highest BCUT2D eigenvalue weighted by atomic mass is 16.3. The first kappa shape index (κ1) is 13.0. The van der Waals surface area contributed by atoms with Gasteiger partial charge in [0.1, 0.15) is 5.75 Å². The van der Waals surface area contributed by atoms with E-state index in [0.29, 0.717) is 12.2 Å². The number of nitrogens with one attached hydrogen (secondary N) is 1. The fourth-order valence-corrected chi connectivity index (χ4v) is 1.80. The van der Waals surface area contributed by atoms with Crippen molar-refractivity contribution in [2.75, 3.05) is 12.3 Å². The van der Waals surface area contributed by atoms with E-state index in [-0.39, 0.29) is 17.2 Å². The monoisotopic (exact) mass is 256 g/mol. The summed E-state index contributed by atoms with van der Waals surface area (Å²) in [7, 11) is 0. The average Bonchev–Trinajstić information content (AvgIpc) is 2.42. The van der Waals surface area contributed by atoms with Crippen molar-refractivity contribution in [3.63, 3.8) is 0 Å². The lowest BCUT2D eigenvalue weighted by molar-refractivity contribution is 0.0951. The molecule has 4 heteroatoms. The van der Waals surface area contributed by atoms with Crippen LogP contribution in [0.3, 0.4) is 0 Å². The molecule has 98 valence electrons. The molecular weight excluding hydrogens is 240 g/mol. The smallest absolute Gasteiger partial charge is 0.255 e. The third-order valence-electron chi connectivity index (χ3n) is 2.81. The summed E-state index contributed by atoms with van der Waals surface area (Å²) in [6.07, 6.45) is 0.746. The minimum absolute atomic E-state index is 0.0635.